The monoisotopic (exact) mass is 551 g/mol. The quantitative estimate of drug-likeness (QED) is 0.211. The molecular formula is C29H27BrFNO4. The number of aliphatic hydroxyl groups is 1. The average Bonchev–Trinajstić information content (AvgIpc) is 3.10. The molecule has 1 unspecified atom stereocenters. The van der Waals surface area contributed by atoms with Gasteiger partial charge in [-0.25, -0.2) is 4.39 Å². The average molecular weight is 552 g/mol. The van der Waals surface area contributed by atoms with Gasteiger partial charge >= 0.3 is 0 Å². The van der Waals surface area contributed by atoms with Crippen LogP contribution in [0.5, 0.6) is 5.75 Å². The zero-order chi connectivity index (χ0) is 26.0. The van der Waals surface area contributed by atoms with Crippen molar-refractivity contribution in [2.45, 2.75) is 39.3 Å². The molecule has 36 heavy (non-hydrogen) atoms. The Bertz CT molecular complexity index is 1320. The fraction of sp³-hybridized carbons (Fsp3) is 0.241. The zero-order valence-corrected chi connectivity index (χ0v) is 21.9. The summed E-state index contributed by atoms with van der Waals surface area (Å²) in [7, 11) is 0. The molecular weight excluding hydrogens is 525 g/mol. The molecule has 1 saturated heterocycles. The molecule has 0 saturated carbocycles. The summed E-state index contributed by atoms with van der Waals surface area (Å²) < 4.78 is 19.9. The smallest absolute Gasteiger partial charge is 0.295 e. The van der Waals surface area contributed by atoms with Crippen molar-refractivity contribution in [3.63, 3.8) is 0 Å². The molecule has 1 heterocycles. The fourth-order valence-corrected chi connectivity index (χ4v) is 4.55. The number of rotatable bonds is 7. The third kappa shape index (κ3) is 5.36. The molecule has 186 valence electrons. The Kier molecular flexibility index (Phi) is 7.59. The first kappa shape index (κ1) is 25.6. The minimum atomic E-state index is -0.775. The molecule has 1 fully saturated rings. The van der Waals surface area contributed by atoms with E-state index in [1.54, 1.807) is 54.6 Å². The van der Waals surface area contributed by atoms with Crippen LogP contribution >= 0.6 is 15.9 Å². The maximum Gasteiger partial charge on any atom is 0.295 e. The van der Waals surface area contributed by atoms with Crippen LogP contribution in [0.3, 0.4) is 0 Å². The summed E-state index contributed by atoms with van der Waals surface area (Å²) in [5.74, 6) is -1.31. The lowest BCUT2D eigenvalue weighted by Crippen LogP contribution is -2.31. The molecule has 1 N–H and O–H groups in total. The molecule has 0 radical (unpaired) electrons. The first-order valence-corrected chi connectivity index (χ1v) is 12.5. The highest BCUT2D eigenvalue weighted by Crippen LogP contribution is 2.40. The fourth-order valence-electron chi connectivity index (χ4n) is 4.31. The Morgan fingerprint density at radius 2 is 1.72 bits per heavy atom. The maximum absolute atomic E-state index is 13.3. The van der Waals surface area contributed by atoms with Gasteiger partial charge in [0.1, 0.15) is 17.3 Å². The predicted octanol–water partition coefficient (Wildman–Crippen LogP) is 6.35. The molecule has 0 spiro atoms. The van der Waals surface area contributed by atoms with Gasteiger partial charge in [0.15, 0.2) is 0 Å². The molecule has 3 aromatic carbocycles. The second-order valence-corrected chi connectivity index (χ2v) is 9.92. The van der Waals surface area contributed by atoms with Crippen LogP contribution in [0.15, 0.2) is 76.8 Å². The van der Waals surface area contributed by atoms with Crippen molar-refractivity contribution in [3.05, 3.63) is 105 Å². The standard InChI is InChI=1S/C29H27BrFNO4/c1-17(2)36-23-11-6-20(7-12-23)26-25(27(33)21-8-13-24(30)18(3)16-21)28(34)29(35)32(26)15-14-19-4-9-22(31)10-5-19/h4-13,16-17,26,33H,14-15H2,1-3H3/b27-25-. The molecule has 7 heteroatoms. The molecule has 0 aromatic heterocycles. The number of amides is 1. The van der Waals surface area contributed by atoms with E-state index < -0.39 is 17.7 Å². The molecule has 5 nitrogen and oxygen atoms in total. The molecule has 1 amide bonds. The number of nitrogens with zero attached hydrogens (tertiary/aromatic N) is 1. The van der Waals surface area contributed by atoms with Crippen LogP contribution in [0.25, 0.3) is 5.76 Å². The van der Waals surface area contributed by atoms with Crippen LogP contribution < -0.4 is 4.74 Å². The number of ether oxygens (including phenoxy) is 1. The number of carbonyl (C=O) groups excluding carboxylic acids is 2. The van der Waals surface area contributed by atoms with Crippen molar-refractivity contribution in [1.29, 1.82) is 0 Å². The summed E-state index contributed by atoms with van der Waals surface area (Å²) in [6.45, 7) is 5.96. The van der Waals surface area contributed by atoms with Crippen molar-refractivity contribution >= 4 is 33.4 Å². The Morgan fingerprint density at radius 1 is 1.06 bits per heavy atom. The summed E-state index contributed by atoms with van der Waals surface area (Å²) in [5, 5.41) is 11.3. The van der Waals surface area contributed by atoms with Gasteiger partial charge in [-0.15, -0.1) is 0 Å². The Morgan fingerprint density at radius 3 is 2.33 bits per heavy atom. The van der Waals surface area contributed by atoms with E-state index in [9.17, 15) is 19.1 Å². The van der Waals surface area contributed by atoms with Crippen LogP contribution in [0.2, 0.25) is 0 Å². The van der Waals surface area contributed by atoms with Crippen molar-refractivity contribution in [2.75, 3.05) is 6.54 Å². The molecule has 0 aliphatic carbocycles. The lowest BCUT2D eigenvalue weighted by molar-refractivity contribution is -0.139. The number of aryl methyl sites for hydroxylation is 1. The predicted molar refractivity (Wildman–Crippen MR) is 140 cm³/mol. The molecule has 3 aromatic rings. The summed E-state index contributed by atoms with van der Waals surface area (Å²) in [6.07, 6.45) is 0.424. The first-order valence-electron chi connectivity index (χ1n) is 11.7. The van der Waals surface area contributed by atoms with Crippen LogP contribution in [-0.4, -0.2) is 34.3 Å². The van der Waals surface area contributed by atoms with E-state index in [4.69, 9.17) is 4.74 Å². The number of halogens is 2. The van der Waals surface area contributed by atoms with Gasteiger partial charge in [0.05, 0.1) is 17.7 Å². The van der Waals surface area contributed by atoms with Gasteiger partial charge in [-0.1, -0.05) is 46.3 Å². The van der Waals surface area contributed by atoms with Crippen molar-refractivity contribution in [2.24, 2.45) is 0 Å². The number of benzene rings is 3. The second kappa shape index (κ2) is 10.7. The Labute approximate surface area is 218 Å². The number of likely N-dealkylation sites (tertiary alicyclic amines) is 1. The largest absolute Gasteiger partial charge is 0.507 e. The van der Waals surface area contributed by atoms with Crippen LogP contribution in [0, 0.1) is 12.7 Å². The van der Waals surface area contributed by atoms with Crippen LogP contribution in [0.1, 0.15) is 42.1 Å². The van der Waals surface area contributed by atoms with E-state index in [2.05, 4.69) is 15.9 Å². The van der Waals surface area contributed by atoms with Crippen LogP contribution in [-0.2, 0) is 16.0 Å². The molecule has 1 aliphatic rings. The van der Waals surface area contributed by atoms with E-state index >= 15 is 0 Å². The molecule has 1 aliphatic heterocycles. The lowest BCUT2D eigenvalue weighted by Gasteiger charge is -2.25. The highest BCUT2D eigenvalue weighted by atomic mass is 79.9. The van der Waals surface area contributed by atoms with E-state index in [0.717, 1.165) is 15.6 Å². The summed E-state index contributed by atoms with van der Waals surface area (Å²) in [5.41, 5.74) is 2.90. The SMILES string of the molecule is Cc1cc(/C(O)=C2/C(=O)C(=O)N(CCc3ccc(F)cc3)C2c2ccc(OC(C)C)cc2)ccc1Br. The first-order chi connectivity index (χ1) is 17.2. The highest BCUT2D eigenvalue weighted by molar-refractivity contribution is 9.10. The molecule has 4 rings (SSSR count). The van der Waals surface area contributed by atoms with Crippen molar-refractivity contribution in [3.8, 4) is 5.75 Å². The Balaban J connectivity index is 1.76. The third-order valence-electron chi connectivity index (χ3n) is 6.09. The van der Waals surface area contributed by atoms with Gasteiger partial charge in [-0.2, -0.15) is 0 Å². The number of Topliss-reactive ketones (excluding diaryl/α,β-unsaturated/α-hetero) is 1. The van der Waals surface area contributed by atoms with Gasteiger partial charge in [-0.05, 0) is 80.3 Å². The van der Waals surface area contributed by atoms with Gasteiger partial charge in [0, 0.05) is 16.6 Å². The van der Waals surface area contributed by atoms with Crippen LogP contribution in [0.4, 0.5) is 4.39 Å². The maximum atomic E-state index is 13.3. The van der Waals surface area contributed by atoms with Crippen molar-refractivity contribution in [1.82, 2.24) is 4.90 Å². The van der Waals surface area contributed by atoms with Gasteiger partial charge in [-0.3, -0.25) is 9.59 Å². The third-order valence-corrected chi connectivity index (χ3v) is 6.98. The topological polar surface area (TPSA) is 66.8 Å². The summed E-state index contributed by atoms with van der Waals surface area (Å²) in [4.78, 5) is 27.9. The minimum Gasteiger partial charge on any atom is -0.507 e. The van der Waals surface area contributed by atoms with E-state index in [1.165, 1.54) is 17.0 Å². The van der Waals surface area contributed by atoms with Gasteiger partial charge in [0.25, 0.3) is 11.7 Å². The van der Waals surface area contributed by atoms with Crippen molar-refractivity contribution < 1.29 is 23.8 Å². The van der Waals surface area contributed by atoms with E-state index in [1.807, 2.05) is 20.8 Å². The number of hydrogen-bond donors (Lipinski definition) is 1. The molecule has 0 bridgehead atoms. The van der Waals surface area contributed by atoms with E-state index in [0.29, 0.717) is 23.3 Å². The normalized spacial score (nSPS) is 17.2. The lowest BCUT2D eigenvalue weighted by atomic mass is 9.94. The number of aliphatic hydroxyl groups excluding tert-OH is 1. The van der Waals surface area contributed by atoms with Gasteiger partial charge < -0.3 is 14.7 Å². The minimum absolute atomic E-state index is 0.00200. The van der Waals surface area contributed by atoms with Gasteiger partial charge in [0.2, 0.25) is 0 Å². The number of ketones is 1. The highest BCUT2D eigenvalue weighted by Gasteiger charge is 2.45. The Hall–Kier alpha value is -3.45. The second-order valence-electron chi connectivity index (χ2n) is 9.07. The number of hydrogen-bond acceptors (Lipinski definition) is 4. The molecule has 1 atom stereocenters. The number of carbonyl (C=O) groups is 2. The van der Waals surface area contributed by atoms with E-state index in [-0.39, 0.29) is 29.8 Å². The zero-order valence-electron chi connectivity index (χ0n) is 20.3. The summed E-state index contributed by atoms with van der Waals surface area (Å²) in [6, 6.07) is 17.7. The summed E-state index contributed by atoms with van der Waals surface area (Å²) >= 11 is 3.45.